The van der Waals surface area contributed by atoms with Gasteiger partial charge in [-0.2, -0.15) is 0 Å². The molecule has 0 radical (unpaired) electrons. The summed E-state index contributed by atoms with van der Waals surface area (Å²) in [6.07, 6.45) is 3.36. The molecule has 0 aliphatic carbocycles. The molecule has 2 fully saturated rings. The summed E-state index contributed by atoms with van der Waals surface area (Å²) < 4.78 is 6.99. The molecule has 2 aliphatic rings. The first-order valence-corrected chi connectivity index (χ1v) is 8.61. The predicted octanol–water partition coefficient (Wildman–Crippen LogP) is 1.22. The lowest BCUT2D eigenvalue weighted by Crippen LogP contribution is -2.43. The number of carbonyl (C=O) groups excluding carboxylic acids is 1. The second-order valence-corrected chi connectivity index (χ2v) is 6.74. The molecule has 1 unspecified atom stereocenters. The van der Waals surface area contributed by atoms with Gasteiger partial charge < -0.3 is 9.64 Å². The summed E-state index contributed by atoms with van der Waals surface area (Å²) >= 11 is 0. The van der Waals surface area contributed by atoms with Crippen molar-refractivity contribution < 1.29 is 9.53 Å². The Morgan fingerprint density at radius 2 is 2.08 bits per heavy atom. The van der Waals surface area contributed by atoms with Gasteiger partial charge in [0.15, 0.2) is 5.65 Å². The van der Waals surface area contributed by atoms with E-state index in [1.54, 1.807) is 0 Å². The van der Waals surface area contributed by atoms with E-state index in [0.717, 1.165) is 50.2 Å². The molecule has 128 valence electrons. The lowest BCUT2D eigenvalue weighted by atomic mass is 9.93. The van der Waals surface area contributed by atoms with Gasteiger partial charge in [0, 0.05) is 49.1 Å². The van der Waals surface area contributed by atoms with Gasteiger partial charge in [-0.25, -0.2) is 9.50 Å². The largest absolute Gasteiger partial charge is 0.368 e. The van der Waals surface area contributed by atoms with Crippen LogP contribution in [0.25, 0.3) is 5.65 Å². The number of nitrogens with one attached hydrogen (secondary N) is 1. The van der Waals surface area contributed by atoms with Gasteiger partial charge in [-0.3, -0.25) is 14.7 Å². The number of aromatic nitrogens is 3. The Balaban J connectivity index is 1.47. The van der Waals surface area contributed by atoms with Gasteiger partial charge >= 0.3 is 0 Å². The van der Waals surface area contributed by atoms with Crippen molar-refractivity contribution in [2.75, 3.05) is 19.7 Å². The molecule has 7 nitrogen and oxygen atoms in total. The number of hydrogen-bond acceptors (Lipinski definition) is 4. The van der Waals surface area contributed by atoms with Crippen LogP contribution < -0.4 is 5.56 Å². The Morgan fingerprint density at radius 3 is 2.79 bits per heavy atom. The number of fused-ring (bicyclic) bond motifs is 1. The molecular weight excluding hydrogens is 308 g/mol. The zero-order valence-electron chi connectivity index (χ0n) is 13.8. The fourth-order valence-corrected chi connectivity index (χ4v) is 3.72. The Labute approximate surface area is 139 Å². The molecule has 2 aromatic rings. The van der Waals surface area contributed by atoms with Crippen molar-refractivity contribution in [2.45, 2.75) is 44.6 Å². The van der Waals surface area contributed by atoms with E-state index in [-0.39, 0.29) is 17.6 Å². The molecule has 2 saturated heterocycles. The zero-order valence-corrected chi connectivity index (χ0v) is 13.8. The summed E-state index contributed by atoms with van der Waals surface area (Å²) in [5.41, 5.74) is 2.32. The van der Waals surface area contributed by atoms with Crippen LogP contribution in [-0.2, 0) is 9.53 Å². The molecule has 24 heavy (non-hydrogen) atoms. The normalized spacial score (nSPS) is 22.4. The predicted molar refractivity (Wildman–Crippen MR) is 88.1 cm³/mol. The Kier molecular flexibility index (Phi) is 3.88. The number of piperidine rings is 1. The second-order valence-electron chi connectivity index (χ2n) is 6.74. The van der Waals surface area contributed by atoms with Crippen LogP contribution >= 0.6 is 0 Å². The molecule has 0 bridgehead atoms. The van der Waals surface area contributed by atoms with Gasteiger partial charge in [0.1, 0.15) is 6.10 Å². The third-order valence-corrected chi connectivity index (χ3v) is 5.05. The highest BCUT2D eigenvalue weighted by atomic mass is 16.5. The van der Waals surface area contributed by atoms with Crippen LogP contribution in [0.4, 0.5) is 0 Å². The quantitative estimate of drug-likeness (QED) is 0.898. The van der Waals surface area contributed by atoms with Crippen LogP contribution in [0.5, 0.6) is 0 Å². The average molecular weight is 330 g/mol. The summed E-state index contributed by atoms with van der Waals surface area (Å²) in [7, 11) is 0. The number of carbonyl (C=O) groups is 1. The van der Waals surface area contributed by atoms with Gasteiger partial charge in [-0.15, -0.1) is 0 Å². The Morgan fingerprint density at radius 1 is 1.29 bits per heavy atom. The molecule has 2 aliphatic heterocycles. The molecule has 1 N–H and O–H groups in total. The number of nitrogens with zero attached hydrogens (tertiary/aromatic N) is 3. The molecule has 7 heteroatoms. The minimum Gasteiger partial charge on any atom is -0.368 e. The van der Waals surface area contributed by atoms with Crippen molar-refractivity contribution in [3.8, 4) is 0 Å². The van der Waals surface area contributed by atoms with Gasteiger partial charge in [0.05, 0.1) is 0 Å². The number of likely N-dealkylation sites (tertiary alicyclic amines) is 1. The summed E-state index contributed by atoms with van der Waals surface area (Å²) in [5, 5.41) is 3.17. The fraction of sp³-hybridized carbons (Fsp3) is 0.588. The van der Waals surface area contributed by atoms with E-state index in [4.69, 9.17) is 4.74 Å². The van der Waals surface area contributed by atoms with E-state index in [1.807, 2.05) is 17.9 Å². The first-order chi connectivity index (χ1) is 11.6. The third kappa shape index (κ3) is 2.73. The van der Waals surface area contributed by atoms with E-state index in [0.29, 0.717) is 18.2 Å². The molecule has 0 aromatic carbocycles. The van der Waals surface area contributed by atoms with E-state index in [2.05, 4.69) is 10.1 Å². The highest BCUT2D eigenvalue weighted by molar-refractivity contribution is 5.81. The molecule has 0 saturated carbocycles. The van der Waals surface area contributed by atoms with Crippen LogP contribution in [0, 0.1) is 6.92 Å². The first-order valence-electron chi connectivity index (χ1n) is 8.61. The minimum atomic E-state index is -0.236. The standard InChI is InChI=1S/C17H22N4O3/c1-11-9-16(22)21-15(18-11)10-13(19-21)12-4-6-20(7-5-12)17(23)14-3-2-8-24-14/h9-10,12,14,19H,2-8H2,1H3. The first kappa shape index (κ1) is 15.4. The van der Waals surface area contributed by atoms with Crippen molar-refractivity contribution >= 4 is 11.6 Å². The lowest BCUT2D eigenvalue weighted by molar-refractivity contribution is -0.142. The lowest BCUT2D eigenvalue weighted by Gasteiger charge is -2.32. The van der Waals surface area contributed by atoms with Crippen molar-refractivity contribution in [2.24, 2.45) is 0 Å². The monoisotopic (exact) mass is 330 g/mol. The summed E-state index contributed by atoms with van der Waals surface area (Å²) in [6, 6.07) is 3.48. The van der Waals surface area contributed by atoms with Crippen molar-refractivity contribution in [3.63, 3.8) is 0 Å². The minimum absolute atomic E-state index is 0.0882. The smallest absolute Gasteiger partial charge is 0.272 e. The number of hydrogen-bond donors (Lipinski definition) is 1. The zero-order chi connectivity index (χ0) is 16.7. The summed E-state index contributed by atoms with van der Waals surface area (Å²) in [6.45, 7) is 3.99. The second kappa shape index (κ2) is 6.05. The fourth-order valence-electron chi connectivity index (χ4n) is 3.72. The van der Waals surface area contributed by atoms with Crippen molar-refractivity contribution in [1.82, 2.24) is 19.5 Å². The van der Waals surface area contributed by atoms with Crippen LogP contribution in [0.1, 0.15) is 43.0 Å². The van der Waals surface area contributed by atoms with Gasteiger partial charge in [0.25, 0.3) is 11.5 Å². The van der Waals surface area contributed by atoms with Gasteiger partial charge in [-0.1, -0.05) is 0 Å². The van der Waals surface area contributed by atoms with Crippen LogP contribution in [0.3, 0.4) is 0 Å². The maximum atomic E-state index is 12.4. The maximum absolute atomic E-state index is 12.4. The van der Waals surface area contributed by atoms with Crippen LogP contribution in [-0.4, -0.2) is 51.2 Å². The topological polar surface area (TPSA) is 79.7 Å². The molecule has 2 aromatic heterocycles. The number of aromatic amines is 1. The number of ether oxygens (including phenoxy) is 1. The Bertz CT molecular complexity index is 811. The number of amides is 1. The molecule has 4 heterocycles. The van der Waals surface area contributed by atoms with Crippen LogP contribution in [0.15, 0.2) is 16.9 Å². The van der Waals surface area contributed by atoms with Crippen molar-refractivity contribution in [1.29, 1.82) is 0 Å². The molecule has 1 atom stereocenters. The SMILES string of the molecule is Cc1cc(=O)n2[nH]c(C3CCN(C(=O)C4CCCO4)CC3)cc2n1. The maximum Gasteiger partial charge on any atom is 0.272 e. The van der Waals surface area contributed by atoms with Crippen molar-refractivity contribution in [3.05, 3.63) is 33.9 Å². The van der Waals surface area contributed by atoms with E-state index >= 15 is 0 Å². The Hall–Kier alpha value is -2.15. The van der Waals surface area contributed by atoms with E-state index in [9.17, 15) is 9.59 Å². The summed E-state index contributed by atoms with van der Waals surface area (Å²) in [5.74, 6) is 0.455. The van der Waals surface area contributed by atoms with E-state index < -0.39 is 0 Å². The van der Waals surface area contributed by atoms with E-state index in [1.165, 1.54) is 10.6 Å². The highest BCUT2D eigenvalue weighted by Gasteiger charge is 2.31. The highest BCUT2D eigenvalue weighted by Crippen LogP contribution is 2.28. The molecule has 0 spiro atoms. The number of aryl methyl sites for hydroxylation is 1. The van der Waals surface area contributed by atoms with Crippen LogP contribution in [0.2, 0.25) is 0 Å². The van der Waals surface area contributed by atoms with Gasteiger partial charge in [-0.05, 0) is 32.6 Å². The molecule has 4 rings (SSSR count). The molecular formula is C17H22N4O3. The third-order valence-electron chi connectivity index (χ3n) is 5.05. The number of rotatable bonds is 2. The summed E-state index contributed by atoms with van der Waals surface area (Å²) in [4.78, 5) is 30.7. The molecule has 1 amide bonds. The average Bonchev–Trinajstić information content (AvgIpc) is 3.24. The number of H-pyrrole nitrogens is 1. The van der Waals surface area contributed by atoms with Gasteiger partial charge in [0.2, 0.25) is 0 Å².